The molecular weight excluding hydrogens is 350 g/mol. The van der Waals surface area contributed by atoms with Crippen molar-refractivity contribution in [2.75, 3.05) is 26.2 Å². The summed E-state index contributed by atoms with van der Waals surface area (Å²) in [6.07, 6.45) is 1.56. The summed E-state index contributed by atoms with van der Waals surface area (Å²) in [5, 5.41) is 14.4. The number of hydrogen-bond acceptors (Lipinski definition) is 5. The van der Waals surface area contributed by atoms with Crippen LogP contribution in [0.4, 0.5) is 0 Å². The van der Waals surface area contributed by atoms with E-state index in [1.54, 1.807) is 54.7 Å². The third-order valence-corrected chi connectivity index (χ3v) is 6.52. The zero-order valence-electron chi connectivity index (χ0n) is 14.3. The van der Waals surface area contributed by atoms with Gasteiger partial charge in [-0.05, 0) is 30.3 Å². The molecule has 1 aromatic heterocycles. The summed E-state index contributed by atoms with van der Waals surface area (Å²) >= 11 is 0. The summed E-state index contributed by atoms with van der Waals surface area (Å²) in [7, 11) is -3.67. The second kappa shape index (κ2) is 6.75. The van der Waals surface area contributed by atoms with Crippen LogP contribution in [0.25, 0.3) is 10.9 Å². The average molecular weight is 371 g/mol. The zero-order valence-corrected chi connectivity index (χ0v) is 15.1. The highest BCUT2D eigenvalue weighted by Crippen LogP contribution is 2.31. The maximum Gasteiger partial charge on any atom is 0.268 e. The summed E-state index contributed by atoms with van der Waals surface area (Å²) in [6, 6.07) is 13.4. The predicted molar refractivity (Wildman–Crippen MR) is 101 cm³/mol. The minimum atomic E-state index is -3.67. The molecule has 1 saturated heterocycles. The molecule has 1 aliphatic rings. The molecule has 0 radical (unpaired) electrons. The molecular formula is C19H21N3O3S. The normalized spacial score (nSPS) is 16.2. The third kappa shape index (κ3) is 2.98. The second-order valence-electron chi connectivity index (χ2n) is 6.45. The van der Waals surface area contributed by atoms with Crippen molar-refractivity contribution in [3.8, 4) is 5.75 Å². The van der Waals surface area contributed by atoms with Gasteiger partial charge in [-0.1, -0.05) is 18.2 Å². The molecule has 0 atom stereocenters. The lowest BCUT2D eigenvalue weighted by Crippen LogP contribution is -2.42. The van der Waals surface area contributed by atoms with E-state index in [0.29, 0.717) is 12.1 Å². The molecule has 0 unspecified atom stereocenters. The van der Waals surface area contributed by atoms with E-state index in [0.717, 1.165) is 37.1 Å². The minimum absolute atomic E-state index is 0.200. The molecule has 0 bridgehead atoms. The van der Waals surface area contributed by atoms with Crippen LogP contribution in [0, 0.1) is 0 Å². The number of aromatic nitrogens is 1. The van der Waals surface area contributed by atoms with Crippen molar-refractivity contribution in [1.29, 1.82) is 0 Å². The number of nitrogens with zero attached hydrogens (tertiary/aromatic N) is 2. The molecule has 0 amide bonds. The molecule has 1 fully saturated rings. The standard InChI is InChI=1S/C19H21N3O3S/c23-19-7-6-18-16(17(19)14-21-12-9-20-10-13-21)8-11-22(18)26(24,25)15-4-2-1-3-5-15/h1-8,11,20,23H,9-10,12-14H2. The van der Waals surface area contributed by atoms with Gasteiger partial charge in [-0.25, -0.2) is 12.4 Å². The van der Waals surface area contributed by atoms with Crippen LogP contribution in [0.3, 0.4) is 0 Å². The highest BCUT2D eigenvalue weighted by Gasteiger charge is 2.21. The van der Waals surface area contributed by atoms with E-state index in [9.17, 15) is 13.5 Å². The largest absolute Gasteiger partial charge is 0.508 e. The molecule has 3 aromatic rings. The molecule has 7 heteroatoms. The van der Waals surface area contributed by atoms with Gasteiger partial charge in [0, 0.05) is 49.9 Å². The molecule has 0 spiro atoms. The Bertz CT molecular complexity index is 1020. The SMILES string of the molecule is O=S(=O)(c1ccccc1)n1ccc2c(CN3CCNCC3)c(O)ccc21. The molecule has 6 nitrogen and oxygen atoms in total. The zero-order chi connectivity index (χ0) is 18.1. The predicted octanol–water partition coefficient (Wildman–Crippen LogP) is 1.99. The molecule has 0 saturated carbocycles. The van der Waals surface area contributed by atoms with Gasteiger partial charge in [0.1, 0.15) is 5.75 Å². The summed E-state index contributed by atoms with van der Waals surface area (Å²) in [5.74, 6) is 0.200. The van der Waals surface area contributed by atoms with Gasteiger partial charge < -0.3 is 10.4 Å². The van der Waals surface area contributed by atoms with Crippen LogP contribution < -0.4 is 5.32 Å². The molecule has 4 rings (SSSR count). The van der Waals surface area contributed by atoms with Crippen LogP contribution in [0.1, 0.15) is 5.56 Å². The minimum Gasteiger partial charge on any atom is -0.508 e. The van der Waals surface area contributed by atoms with E-state index < -0.39 is 10.0 Å². The Labute approximate surface area is 152 Å². The van der Waals surface area contributed by atoms with Gasteiger partial charge >= 0.3 is 0 Å². The van der Waals surface area contributed by atoms with E-state index in [-0.39, 0.29) is 10.6 Å². The van der Waals surface area contributed by atoms with Gasteiger partial charge in [0.15, 0.2) is 0 Å². The Kier molecular flexibility index (Phi) is 4.44. The lowest BCUT2D eigenvalue weighted by molar-refractivity contribution is 0.231. The maximum atomic E-state index is 13.0. The summed E-state index contributed by atoms with van der Waals surface area (Å²) in [5.41, 5.74) is 1.35. The molecule has 26 heavy (non-hydrogen) atoms. The van der Waals surface area contributed by atoms with Gasteiger partial charge in [-0.15, -0.1) is 0 Å². The Morgan fingerprint density at radius 1 is 1.00 bits per heavy atom. The summed E-state index contributed by atoms with van der Waals surface area (Å²) in [4.78, 5) is 2.50. The van der Waals surface area contributed by atoms with Crippen LogP contribution in [0.15, 0.2) is 59.6 Å². The van der Waals surface area contributed by atoms with Gasteiger partial charge in [-0.3, -0.25) is 4.90 Å². The number of hydrogen-bond donors (Lipinski definition) is 2. The van der Waals surface area contributed by atoms with Crippen molar-refractivity contribution >= 4 is 20.9 Å². The number of fused-ring (bicyclic) bond motifs is 1. The molecule has 2 N–H and O–H groups in total. The van der Waals surface area contributed by atoms with E-state index >= 15 is 0 Å². The van der Waals surface area contributed by atoms with Crippen molar-refractivity contribution in [1.82, 2.24) is 14.2 Å². The Hall–Kier alpha value is -2.35. The number of phenols is 1. The van der Waals surface area contributed by atoms with Crippen LogP contribution >= 0.6 is 0 Å². The highest BCUT2D eigenvalue weighted by molar-refractivity contribution is 7.90. The number of rotatable bonds is 4. The molecule has 2 aromatic carbocycles. The number of piperazine rings is 1. The van der Waals surface area contributed by atoms with Crippen molar-refractivity contribution in [3.05, 3.63) is 60.3 Å². The van der Waals surface area contributed by atoms with Crippen LogP contribution in [0.5, 0.6) is 5.75 Å². The lowest BCUT2D eigenvalue weighted by atomic mass is 10.1. The van der Waals surface area contributed by atoms with Crippen LogP contribution in [-0.4, -0.2) is 48.6 Å². The van der Waals surface area contributed by atoms with Crippen molar-refractivity contribution in [3.63, 3.8) is 0 Å². The van der Waals surface area contributed by atoms with Gasteiger partial charge in [0.2, 0.25) is 0 Å². The number of aromatic hydroxyl groups is 1. The first-order valence-corrected chi connectivity index (χ1v) is 10.1. The van der Waals surface area contributed by atoms with E-state index in [2.05, 4.69) is 10.2 Å². The first kappa shape index (κ1) is 17.1. The van der Waals surface area contributed by atoms with Gasteiger partial charge in [0.05, 0.1) is 10.4 Å². The fourth-order valence-electron chi connectivity index (χ4n) is 3.42. The number of benzene rings is 2. The first-order valence-electron chi connectivity index (χ1n) is 8.63. The Morgan fingerprint density at radius 3 is 2.46 bits per heavy atom. The van der Waals surface area contributed by atoms with Crippen LogP contribution in [0.2, 0.25) is 0 Å². The Balaban J connectivity index is 1.78. The number of phenolic OH excluding ortho intramolecular Hbond substituents is 1. The van der Waals surface area contributed by atoms with Gasteiger partial charge in [-0.2, -0.15) is 0 Å². The number of nitrogens with one attached hydrogen (secondary N) is 1. The third-order valence-electron chi connectivity index (χ3n) is 4.81. The molecule has 2 heterocycles. The molecule has 136 valence electrons. The van der Waals surface area contributed by atoms with E-state index in [1.807, 2.05) is 0 Å². The summed E-state index contributed by atoms with van der Waals surface area (Å²) in [6.45, 7) is 4.23. The monoisotopic (exact) mass is 371 g/mol. The highest BCUT2D eigenvalue weighted by atomic mass is 32.2. The molecule has 1 aliphatic heterocycles. The summed E-state index contributed by atoms with van der Waals surface area (Å²) < 4.78 is 27.2. The molecule has 0 aliphatic carbocycles. The van der Waals surface area contributed by atoms with Crippen molar-refractivity contribution in [2.45, 2.75) is 11.4 Å². The second-order valence-corrected chi connectivity index (χ2v) is 8.27. The fourth-order valence-corrected chi connectivity index (χ4v) is 4.78. The van der Waals surface area contributed by atoms with E-state index in [1.165, 1.54) is 3.97 Å². The lowest BCUT2D eigenvalue weighted by Gasteiger charge is -2.27. The van der Waals surface area contributed by atoms with Gasteiger partial charge in [0.25, 0.3) is 10.0 Å². The fraction of sp³-hybridized carbons (Fsp3) is 0.263. The maximum absolute atomic E-state index is 13.0. The van der Waals surface area contributed by atoms with Crippen molar-refractivity contribution in [2.24, 2.45) is 0 Å². The quantitative estimate of drug-likeness (QED) is 0.734. The Morgan fingerprint density at radius 2 is 1.73 bits per heavy atom. The van der Waals surface area contributed by atoms with Crippen molar-refractivity contribution < 1.29 is 13.5 Å². The van der Waals surface area contributed by atoms with E-state index in [4.69, 9.17) is 0 Å². The smallest absolute Gasteiger partial charge is 0.268 e. The first-order chi connectivity index (χ1) is 12.6. The average Bonchev–Trinajstić information content (AvgIpc) is 3.11. The topological polar surface area (TPSA) is 74.6 Å². The van der Waals surface area contributed by atoms with Crippen LogP contribution in [-0.2, 0) is 16.6 Å².